The van der Waals surface area contributed by atoms with Crippen molar-refractivity contribution in [3.05, 3.63) is 90.0 Å². The Morgan fingerprint density at radius 3 is 2.52 bits per heavy atom. The van der Waals surface area contributed by atoms with Gasteiger partial charge in [-0.25, -0.2) is 4.39 Å². The number of nitrogens with one attached hydrogen (secondary N) is 1. The van der Waals surface area contributed by atoms with Crippen molar-refractivity contribution >= 4 is 17.3 Å². The van der Waals surface area contributed by atoms with Crippen LogP contribution in [-0.4, -0.2) is 17.9 Å². The number of carbonyl (C=O) groups is 1. The molecule has 0 radical (unpaired) electrons. The van der Waals surface area contributed by atoms with Crippen LogP contribution >= 0.6 is 0 Å². The SMILES string of the molecule is CN(Cc1ccc(F)cc1)c1ccnc(C(=O)Nc2ccccc2)c1. The van der Waals surface area contributed by atoms with Crippen LogP contribution in [-0.2, 0) is 6.54 Å². The number of benzene rings is 2. The van der Waals surface area contributed by atoms with E-state index in [-0.39, 0.29) is 11.7 Å². The van der Waals surface area contributed by atoms with Gasteiger partial charge in [-0.3, -0.25) is 9.78 Å². The Hall–Kier alpha value is -3.21. The molecule has 0 aliphatic heterocycles. The topological polar surface area (TPSA) is 45.2 Å². The number of pyridine rings is 1. The first kappa shape index (κ1) is 16.6. The molecule has 5 heteroatoms. The fourth-order valence-corrected chi connectivity index (χ4v) is 2.45. The van der Waals surface area contributed by atoms with E-state index < -0.39 is 0 Å². The minimum absolute atomic E-state index is 0.254. The summed E-state index contributed by atoms with van der Waals surface area (Å²) in [6.45, 7) is 0.601. The lowest BCUT2D eigenvalue weighted by Crippen LogP contribution is -2.18. The lowest BCUT2D eigenvalue weighted by atomic mass is 10.2. The number of anilines is 2. The molecule has 0 saturated carbocycles. The van der Waals surface area contributed by atoms with Gasteiger partial charge in [-0.2, -0.15) is 0 Å². The maximum Gasteiger partial charge on any atom is 0.274 e. The number of hydrogen-bond acceptors (Lipinski definition) is 3. The van der Waals surface area contributed by atoms with Crippen molar-refractivity contribution < 1.29 is 9.18 Å². The zero-order valence-electron chi connectivity index (χ0n) is 13.8. The first-order valence-corrected chi connectivity index (χ1v) is 7.90. The zero-order valence-corrected chi connectivity index (χ0v) is 13.8. The van der Waals surface area contributed by atoms with E-state index >= 15 is 0 Å². The molecule has 1 aromatic heterocycles. The molecule has 25 heavy (non-hydrogen) atoms. The van der Waals surface area contributed by atoms with Crippen molar-refractivity contribution in [1.29, 1.82) is 0 Å². The largest absolute Gasteiger partial charge is 0.370 e. The molecule has 1 N–H and O–H groups in total. The van der Waals surface area contributed by atoms with E-state index in [0.717, 1.165) is 16.9 Å². The predicted octanol–water partition coefficient (Wildman–Crippen LogP) is 4.11. The smallest absolute Gasteiger partial charge is 0.274 e. The van der Waals surface area contributed by atoms with E-state index in [0.29, 0.717) is 12.2 Å². The average Bonchev–Trinajstić information content (AvgIpc) is 2.64. The van der Waals surface area contributed by atoms with Gasteiger partial charge in [0.05, 0.1) is 0 Å². The highest BCUT2D eigenvalue weighted by atomic mass is 19.1. The Morgan fingerprint density at radius 2 is 1.80 bits per heavy atom. The Morgan fingerprint density at radius 1 is 1.08 bits per heavy atom. The van der Waals surface area contributed by atoms with Gasteiger partial charge in [0.1, 0.15) is 11.5 Å². The minimum atomic E-state index is -0.261. The van der Waals surface area contributed by atoms with E-state index in [2.05, 4.69) is 10.3 Å². The van der Waals surface area contributed by atoms with E-state index in [1.807, 2.05) is 48.3 Å². The number of halogens is 1. The molecule has 2 aromatic carbocycles. The Balaban J connectivity index is 1.72. The second kappa shape index (κ2) is 7.57. The second-order valence-corrected chi connectivity index (χ2v) is 5.70. The summed E-state index contributed by atoms with van der Waals surface area (Å²) in [6, 6.07) is 19.2. The van der Waals surface area contributed by atoms with E-state index in [4.69, 9.17) is 0 Å². The normalized spacial score (nSPS) is 10.3. The molecular formula is C20H18FN3O. The van der Waals surface area contributed by atoms with E-state index in [9.17, 15) is 9.18 Å². The van der Waals surface area contributed by atoms with Gasteiger partial charge in [0, 0.05) is 31.2 Å². The van der Waals surface area contributed by atoms with Crippen LogP contribution in [0, 0.1) is 5.82 Å². The van der Waals surface area contributed by atoms with Gasteiger partial charge in [0.15, 0.2) is 0 Å². The third-order valence-electron chi connectivity index (χ3n) is 3.78. The molecular weight excluding hydrogens is 317 g/mol. The lowest BCUT2D eigenvalue weighted by molar-refractivity contribution is 0.102. The summed E-state index contributed by atoms with van der Waals surface area (Å²) in [5.41, 5.74) is 2.90. The molecule has 0 saturated heterocycles. The highest BCUT2D eigenvalue weighted by Crippen LogP contribution is 2.17. The first-order valence-electron chi connectivity index (χ1n) is 7.90. The molecule has 1 amide bonds. The van der Waals surface area contributed by atoms with Crippen LogP contribution in [0.5, 0.6) is 0 Å². The monoisotopic (exact) mass is 335 g/mol. The van der Waals surface area contributed by atoms with Crippen molar-refractivity contribution in [1.82, 2.24) is 4.98 Å². The van der Waals surface area contributed by atoms with E-state index in [1.165, 1.54) is 12.1 Å². The molecule has 126 valence electrons. The van der Waals surface area contributed by atoms with Crippen LogP contribution in [0.15, 0.2) is 72.9 Å². The van der Waals surface area contributed by atoms with Gasteiger partial charge in [-0.15, -0.1) is 0 Å². The maximum atomic E-state index is 13.0. The van der Waals surface area contributed by atoms with Crippen LogP contribution in [0.4, 0.5) is 15.8 Å². The lowest BCUT2D eigenvalue weighted by Gasteiger charge is -2.19. The summed E-state index contributed by atoms with van der Waals surface area (Å²) in [4.78, 5) is 18.5. The third kappa shape index (κ3) is 4.41. The Bertz CT molecular complexity index is 850. The quantitative estimate of drug-likeness (QED) is 0.763. The van der Waals surface area contributed by atoms with Crippen molar-refractivity contribution in [2.75, 3.05) is 17.3 Å². The van der Waals surface area contributed by atoms with Gasteiger partial charge >= 0.3 is 0 Å². The molecule has 4 nitrogen and oxygen atoms in total. The predicted molar refractivity (Wildman–Crippen MR) is 97.1 cm³/mol. The Labute approximate surface area is 145 Å². The number of nitrogens with zero attached hydrogens (tertiary/aromatic N) is 2. The van der Waals surface area contributed by atoms with Crippen LogP contribution < -0.4 is 10.2 Å². The van der Waals surface area contributed by atoms with Gasteiger partial charge < -0.3 is 10.2 Å². The van der Waals surface area contributed by atoms with Crippen molar-refractivity contribution in [2.24, 2.45) is 0 Å². The molecule has 0 aliphatic carbocycles. The second-order valence-electron chi connectivity index (χ2n) is 5.70. The number of hydrogen-bond donors (Lipinski definition) is 1. The van der Waals surface area contributed by atoms with Crippen molar-refractivity contribution in [3.8, 4) is 0 Å². The molecule has 0 bridgehead atoms. The average molecular weight is 335 g/mol. The summed E-state index contributed by atoms with van der Waals surface area (Å²) >= 11 is 0. The molecule has 0 spiro atoms. The first-order chi connectivity index (χ1) is 12.1. The number of aromatic nitrogens is 1. The molecule has 0 fully saturated rings. The van der Waals surface area contributed by atoms with Gasteiger partial charge in [-0.1, -0.05) is 30.3 Å². The molecule has 0 unspecified atom stereocenters. The standard InChI is InChI=1S/C20H18FN3O/c1-24(14-15-7-9-16(21)10-8-15)18-11-12-22-19(13-18)20(25)23-17-5-3-2-4-6-17/h2-13H,14H2,1H3,(H,23,25). The highest BCUT2D eigenvalue weighted by molar-refractivity contribution is 6.03. The zero-order chi connectivity index (χ0) is 17.6. The molecule has 3 aromatic rings. The molecule has 1 heterocycles. The number of rotatable bonds is 5. The van der Waals surface area contributed by atoms with E-state index in [1.54, 1.807) is 24.4 Å². The highest BCUT2D eigenvalue weighted by Gasteiger charge is 2.10. The van der Waals surface area contributed by atoms with Gasteiger partial charge in [0.25, 0.3) is 5.91 Å². The number of para-hydroxylation sites is 1. The van der Waals surface area contributed by atoms with Crippen LogP contribution in [0.2, 0.25) is 0 Å². The molecule has 0 atom stereocenters. The summed E-state index contributed by atoms with van der Waals surface area (Å²) in [7, 11) is 1.91. The van der Waals surface area contributed by atoms with Crippen LogP contribution in [0.1, 0.15) is 16.1 Å². The summed E-state index contributed by atoms with van der Waals surface area (Å²) in [5, 5.41) is 2.82. The van der Waals surface area contributed by atoms with Gasteiger partial charge in [-0.05, 0) is 42.0 Å². The Kier molecular flexibility index (Phi) is 5.04. The van der Waals surface area contributed by atoms with Crippen LogP contribution in [0.3, 0.4) is 0 Å². The van der Waals surface area contributed by atoms with Crippen molar-refractivity contribution in [2.45, 2.75) is 6.54 Å². The van der Waals surface area contributed by atoms with Crippen LogP contribution in [0.25, 0.3) is 0 Å². The fourth-order valence-electron chi connectivity index (χ4n) is 2.45. The minimum Gasteiger partial charge on any atom is -0.370 e. The number of amides is 1. The van der Waals surface area contributed by atoms with Crippen molar-refractivity contribution in [3.63, 3.8) is 0 Å². The maximum absolute atomic E-state index is 13.0. The van der Waals surface area contributed by atoms with Gasteiger partial charge in [0.2, 0.25) is 0 Å². The molecule has 0 aliphatic rings. The number of carbonyl (C=O) groups excluding carboxylic acids is 1. The fraction of sp³-hybridized carbons (Fsp3) is 0.100. The summed E-state index contributed by atoms with van der Waals surface area (Å²) in [6.07, 6.45) is 1.61. The summed E-state index contributed by atoms with van der Waals surface area (Å²) < 4.78 is 13.0. The third-order valence-corrected chi connectivity index (χ3v) is 3.78. The molecule has 3 rings (SSSR count). The summed E-state index contributed by atoms with van der Waals surface area (Å²) in [5.74, 6) is -0.515.